The van der Waals surface area contributed by atoms with Gasteiger partial charge >= 0.3 is 5.97 Å². The van der Waals surface area contributed by atoms with Crippen LogP contribution in [0, 0.1) is 0 Å². The molecule has 5 heteroatoms. The molecule has 0 unspecified atom stereocenters. The molecular weight excluding hydrogens is 436 g/mol. The minimum absolute atomic E-state index is 0.0465. The fourth-order valence-electron chi connectivity index (χ4n) is 4.53. The quantitative estimate of drug-likeness (QED) is 0.230. The Balaban J connectivity index is 1.31. The third-order valence-corrected chi connectivity index (χ3v) is 10.0. The average Bonchev–Trinajstić information content (AvgIpc) is 3.30. The van der Waals surface area contributed by atoms with E-state index in [9.17, 15) is 4.79 Å². The van der Waals surface area contributed by atoms with Gasteiger partial charge in [-0.25, -0.2) is 4.79 Å². The van der Waals surface area contributed by atoms with Crippen molar-refractivity contribution in [3.63, 3.8) is 0 Å². The summed E-state index contributed by atoms with van der Waals surface area (Å²) in [6.45, 7) is 2.05. The van der Waals surface area contributed by atoms with E-state index >= 15 is 0 Å². The van der Waals surface area contributed by atoms with Crippen molar-refractivity contribution in [3.05, 3.63) is 72.8 Å². The maximum atomic E-state index is 12.4. The molecule has 3 nitrogen and oxygen atoms in total. The number of hydrogen-bond donors (Lipinski definition) is 0. The molecule has 0 atom stereocenters. The van der Waals surface area contributed by atoms with Crippen molar-refractivity contribution in [2.45, 2.75) is 69.1 Å². The third-order valence-electron chi connectivity index (χ3n) is 6.26. The van der Waals surface area contributed by atoms with E-state index < -0.39 is 0 Å². The largest absolute Gasteiger partial charge is 0.482 e. The van der Waals surface area contributed by atoms with Gasteiger partial charge in [-0.3, -0.25) is 0 Å². The fraction of sp³-hybridized carbons (Fsp3) is 0.296. The van der Waals surface area contributed by atoms with Gasteiger partial charge in [0.2, 0.25) is 0 Å². The van der Waals surface area contributed by atoms with Gasteiger partial charge in [-0.2, -0.15) is 0 Å². The van der Waals surface area contributed by atoms with Crippen molar-refractivity contribution >= 4 is 28.6 Å². The zero-order valence-electron chi connectivity index (χ0n) is 18.2. The molecular formula is C27H27O3S2+. The Hall–Kier alpha value is -2.37. The van der Waals surface area contributed by atoms with Crippen molar-refractivity contribution < 1.29 is 14.3 Å². The van der Waals surface area contributed by atoms with Crippen LogP contribution in [0.25, 0.3) is 0 Å². The van der Waals surface area contributed by atoms with Gasteiger partial charge in [0, 0.05) is 0 Å². The van der Waals surface area contributed by atoms with Crippen molar-refractivity contribution in [2.75, 3.05) is 6.61 Å². The van der Waals surface area contributed by atoms with Crippen LogP contribution in [0.2, 0.25) is 0 Å². The molecule has 0 aromatic heterocycles. The Bertz CT molecular complexity index is 1060. The zero-order chi connectivity index (χ0) is 22.0. The molecule has 1 heterocycles. The first kappa shape index (κ1) is 21.5. The maximum Gasteiger partial charge on any atom is 0.344 e. The number of benzene rings is 3. The van der Waals surface area contributed by atoms with Crippen molar-refractivity contribution in [1.82, 2.24) is 0 Å². The molecule has 1 aliphatic carbocycles. The Morgan fingerprint density at radius 3 is 2.09 bits per heavy atom. The van der Waals surface area contributed by atoms with E-state index in [0.29, 0.717) is 5.75 Å². The molecule has 0 saturated heterocycles. The first-order valence-corrected chi connectivity index (χ1v) is 13.3. The van der Waals surface area contributed by atoms with Crippen LogP contribution in [0.15, 0.2) is 97.3 Å². The molecule has 0 spiro atoms. The van der Waals surface area contributed by atoms with Crippen LogP contribution in [0.4, 0.5) is 0 Å². The number of carbonyl (C=O) groups excluding carboxylic acids is 1. The maximum absolute atomic E-state index is 12.4. The summed E-state index contributed by atoms with van der Waals surface area (Å²) in [5.74, 6) is 0.422. The van der Waals surface area contributed by atoms with Gasteiger partial charge in [-0.05, 0) is 80.6 Å². The molecule has 164 valence electrons. The number of hydrogen-bond acceptors (Lipinski definition) is 4. The van der Waals surface area contributed by atoms with E-state index in [0.717, 1.165) is 32.1 Å². The number of esters is 1. The highest BCUT2D eigenvalue weighted by atomic mass is 32.2. The molecule has 5 rings (SSSR count). The van der Waals surface area contributed by atoms with Crippen LogP contribution in [-0.2, 0) is 20.4 Å². The van der Waals surface area contributed by atoms with Crippen molar-refractivity contribution in [1.29, 1.82) is 0 Å². The van der Waals surface area contributed by atoms with Crippen LogP contribution in [0.5, 0.6) is 5.75 Å². The highest BCUT2D eigenvalue weighted by Gasteiger charge is 2.38. The lowest BCUT2D eigenvalue weighted by Gasteiger charge is -2.27. The fourth-order valence-corrected chi connectivity index (χ4v) is 8.27. The van der Waals surface area contributed by atoms with Gasteiger partial charge in [0.25, 0.3) is 0 Å². The van der Waals surface area contributed by atoms with Gasteiger partial charge in [-0.15, -0.1) is 0 Å². The Kier molecular flexibility index (Phi) is 6.20. The minimum Gasteiger partial charge on any atom is -0.482 e. The predicted octanol–water partition coefficient (Wildman–Crippen LogP) is 6.89. The third kappa shape index (κ3) is 4.28. The van der Waals surface area contributed by atoms with Crippen LogP contribution in [0.3, 0.4) is 0 Å². The normalized spacial score (nSPS) is 16.8. The smallest absolute Gasteiger partial charge is 0.344 e. The molecule has 0 radical (unpaired) electrons. The Morgan fingerprint density at radius 1 is 0.906 bits per heavy atom. The van der Waals surface area contributed by atoms with Crippen LogP contribution < -0.4 is 4.74 Å². The summed E-state index contributed by atoms with van der Waals surface area (Å²) in [6.07, 6.45) is 5.07. The van der Waals surface area contributed by atoms with Crippen LogP contribution in [-0.4, -0.2) is 18.2 Å². The minimum atomic E-state index is -0.273. The second-order valence-corrected chi connectivity index (χ2v) is 11.3. The van der Waals surface area contributed by atoms with Gasteiger partial charge in [-0.1, -0.05) is 43.0 Å². The summed E-state index contributed by atoms with van der Waals surface area (Å²) in [6, 6.07) is 25.5. The molecule has 1 fully saturated rings. The molecule has 3 aromatic carbocycles. The van der Waals surface area contributed by atoms with Crippen LogP contribution >= 0.6 is 11.8 Å². The van der Waals surface area contributed by atoms with Crippen molar-refractivity contribution in [2.24, 2.45) is 0 Å². The summed E-state index contributed by atoms with van der Waals surface area (Å²) >= 11 is 1.84. The van der Waals surface area contributed by atoms with E-state index in [1.807, 2.05) is 23.9 Å². The van der Waals surface area contributed by atoms with Crippen molar-refractivity contribution in [3.8, 4) is 5.75 Å². The summed E-state index contributed by atoms with van der Waals surface area (Å²) in [4.78, 5) is 19.0. The van der Waals surface area contributed by atoms with E-state index in [4.69, 9.17) is 9.47 Å². The second kappa shape index (κ2) is 9.24. The predicted molar refractivity (Wildman–Crippen MR) is 129 cm³/mol. The highest BCUT2D eigenvalue weighted by molar-refractivity contribution is 8.04. The SMILES string of the molecule is CCC1(OC(=O)COc2ccc([S+]3c4ccccc4Sc4ccccc43)cc2)CCCC1. The van der Waals surface area contributed by atoms with Gasteiger partial charge in [0.05, 0.1) is 9.79 Å². The number of ether oxygens (including phenoxy) is 2. The molecule has 0 amide bonds. The summed E-state index contributed by atoms with van der Waals surface area (Å²) in [7, 11) is -0.157. The molecule has 1 saturated carbocycles. The van der Waals surface area contributed by atoms with E-state index in [1.54, 1.807) is 0 Å². The first-order chi connectivity index (χ1) is 15.7. The van der Waals surface area contributed by atoms with Gasteiger partial charge in [0.15, 0.2) is 21.3 Å². The zero-order valence-corrected chi connectivity index (χ0v) is 19.8. The summed E-state index contributed by atoms with van der Waals surface area (Å²) < 4.78 is 11.6. The van der Waals surface area contributed by atoms with Crippen LogP contribution in [0.1, 0.15) is 39.0 Å². The molecule has 2 aliphatic rings. The van der Waals surface area contributed by atoms with Gasteiger partial charge < -0.3 is 9.47 Å². The summed E-state index contributed by atoms with van der Waals surface area (Å²) in [5.41, 5.74) is -0.273. The standard InChI is InChI=1S/C27H27O3S2/c1-2-27(17-7-8-18-27)30-26(28)19-29-20-13-15-21(16-14-20)32-24-11-5-3-9-22(24)31-23-10-4-6-12-25(23)32/h3-6,9-16H,2,7-8,17-19H2,1H3/q+1. The second-order valence-electron chi connectivity index (χ2n) is 8.28. The molecule has 0 N–H and O–H groups in total. The van der Waals surface area contributed by atoms with E-state index in [-0.39, 0.29) is 29.1 Å². The Labute approximate surface area is 196 Å². The average molecular weight is 464 g/mol. The molecule has 0 bridgehead atoms. The summed E-state index contributed by atoms with van der Waals surface area (Å²) in [5, 5.41) is 0. The Morgan fingerprint density at radius 2 is 1.50 bits per heavy atom. The van der Waals surface area contributed by atoms with Gasteiger partial charge in [0.1, 0.15) is 22.2 Å². The lowest BCUT2D eigenvalue weighted by Crippen LogP contribution is -2.33. The number of fused-ring (bicyclic) bond motifs is 2. The molecule has 1 aliphatic heterocycles. The monoisotopic (exact) mass is 463 g/mol. The van der Waals surface area contributed by atoms with E-state index in [1.165, 1.54) is 24.5 Å². The first-order valence-electron chi connectivity index (χ1n) is 11.2. The lowest BCUT2D eigenvalue weighted by molar-refractivity contribution is -0.162. The lowest BCUT2D eigenvalue weighted by atomic mass is 9.99. The number of carbonyl (C=O) groups is 1. The van der Waals surface area contributed by atoms with E-state index in [2.05, 4.69) is 67.6 Å². The number of rotatable bonds is 6. The molecule has 32 heavy (non-hydrogen) atoms. The molecule has 3 aromatic rings. The topological polar surface area (TPSA) is 35.5 Å². The highest BCUT2D eigenvalue weighted by Crippen LogP contribution is 2.48.